The van der Waals surface area contributed by atoms with E-state index in [0.29, 0.717) is 18.0 Å². The van der Waals surface area contributed by atoms with E-state index in [1.54, 1.807) is 12.3 Å². The highest BCUT2D eigenvalue weighted by molar-refractivity contribution is 7.89. The van der Waals surface area contributed by atoms with Crippen LogP contribution < -0.4 is 5.32 Å². The van der Waals surface area contributed by atoms with E-state index in [1.165, 1.54) is 4.31 Å². The molecule has 5 nitrogen and oxygen atoms in total. The van der Waals surface area contributed by atoms with Crippen LogP contribution in [0.1, 0.15) is 39.8 Å². The number of aromatic nitrogens is 1. The Balaban J connectivity index is 2.99. The molecule has 1 N–H and O–H groups in total. The van der Waals surface area contributed by atoms with Gasteiger partial charge in [0.15, 0.2) is 0 Å². The molecule has 1 aromatic rings. The smallest absolute Gasteiger partial charge is 0.244 e. The molecule has 0 bridgehead atoms. The summed E-state index contributed by atoms with van der Waals surface area (Å²) in [5.74, 6) is 0. The first kappa shape index (κ1) is 17.2. The average Bonchev–Trinajstić information content (AvgIpc) is 2.72. The fraction of sp³-hybridized carbons (Fsp3) is 0.714. The van der Waals surface area contributed by atoms with Crippen LogP contribution in [0.25, 0.3) is 0 Å². The molecule has 0 amide bonds. The minimum atomic E-state index is -3.40. The summed E-state index contributed by atoms with van der Waals surface area (Å²) in [7, 11) is -1.52. The van der Waals surface area contributed by atoms with E-state index in [1.807, 2.05) is 32.4 Å². The predicted molar refractivity (Wildman–Crippen MR) is 82.1 cm³/mol. The highest BCUT2D eigenvalue weighted by atomic mass is 32.2. The minimum Gasteiger partial charge on any atom is -0.352 e. The molecule has 0 fully saturated rings. The molecule has 0 saturated carbocycles. The van der Waals surface area contributed by atoms with Gasteiger partial charge in [-0.2, -0.15) is 4.31 Å². The summed E-state index contributed by atoms with van der Waals surface area (Å²) in [5.41, 5.74) is 0.983. The maximum atomic E-state index is 12.6. The zero-order valence-corrected chi connectivity index (χ0v) is 14.0. The molecule has 0 aliphatic heterocycles. The van der Waals surface area contributed by atoms with Crippen LogP contribution in [-0.2, 0) is 23.6 Å². The standard InChI is InChI=1S/C14H27N3O2S/c1-6-8-15-10-13-9-14(11-16(13)5)20(18,19)17(7-2)12(3)4/h9,11-12,15H,6-8,10H2,1-5H3. The molecule has 1 heterocycles. The lowest BCUT2D eigenvalue weighted by Crippen LogP contribution is -2.36. The molecular weight excluding hydrogens is 274 g/mol. The number of sulfonamides is 1. The number of aryl methyl sites for hydroxylation is 1. The number of nitrogens with one attached hydrogen (secondary N) is 1. The van der Waals surface area contributed by atoms with Crippen molar-refractivity contribution in [1.82, 2.24) is 14.2 Å². The highest BCUT2D eigenvalue weighted by Crippen LogP contribution is 2.20. The van der Waals surface area contributed by atoms with Gasteiger partial charge in [-0.3, -0.25) is 0 Å². The molecule has 1 rings (SSSR count). The van der Waals surface area contributed by atoms with Crippen LogP contribution in [0.15, 0.2) is 17.2 Å². The van der Waals surface area contributed by atoms with Gasteiger partial charge in [0.1, 0.15) is 4.90 Å². The Morgan fingerprint density at radius 3 is 2.50 bits per heavy atom. The Labute approximate surface area is 123 Å². The van der Waals surface area contributed by atoms with Gasteiger partial charge in [-0.1, -0.05) is 13.8 Å². The van der Waals surface area contributed by atoms with Crippen molar-refractivity contribution in [1.29, 1.82) is 0 Å². The van der Waals surface area contributed by atoms with Crippen molar-refractivity contribution in [3.63, 3.8) is 0 Å². The summed E-state index contributed by atoms with van der Waals surface area (Å²) in [6, 6.07) is 1.73. The molecular formula is C14H27N3O2S. The van der Waals surface area contributed by atoms with Crippen LogP contribution in [0.3, 0.4) is 0 Å². The Morgan fingerprint density at radius 2 is 2.00 bits per heavy atom. The number of rotatable bonds is 8. The van der Waals surface area contributed by atoms with Crippen LogP contribution >= 0.6 is 0 Å². The summed E-state index contributed by atoms with van der Waals surface area (Å²) in [5, 5.41) is 3.29. The Bertz CT molecular complexity index is 521. The fourth-order valence-corrected chi connectivity index (χ4v) is 3.98. The second-order valence-electron chi connectivity index (χ2n) is 5.26. The van der Waals surface area contributed by atoms with Crippen molar-refractivity contribution in [2.75, 3.05) is 13.1 Å². The van der Waals surface area contributed by atoms with Gasteiger partial charge in [-0.15, -0.1) is 0 Å². The average molecular weight is 301 g/mol. The van der Waals surface area contributed by atoms with Gasteiger partial charge >= 0.3 is 0 Å². The second-order valence-corrected chi connectivity index (χ2v) is 7.15. The van der Waals surface area contributed by atoms with Gasteiger partial charge in [0, 0.05) is 38.1 Å². The second kappa shape index (κ2) is 7.24. The van der Waals surface area contributed by atoms with E-state index in [9.17, 15) is 8.42 Å². The lowest BCUT2D eigenvalue weighted by atomic mass is 10.4. The summed E-state index contributed by atoms with van der Waals surface area (Å²) >= 11 is 0. The summed E-state index contributed by atoms with van der Waals surface area (Å²) < 4.78 is 28.6. The molecule has 0 saturated heterocycles. The molecule has 0 aliphatic carbocycles. The van der Waals surface area contributed by atoms with Crippen LogP contribution in [0, 0.1) is 0 Å². The summed E-state index contributed by atoms with van der Waals surface area (Å²) in [6.07, 6.45) is 2.76. The minimum absolute atomic E-state index is 0.0353. The molecule has 1 aromatic heterocycles. The Kier molecular flexibility index (Phi) is 6.23. The zero-order chi connectivity index (χ0) is 15.3. The summed E-state index contributed by atoms with van der Waals surface area (Å²) in [6.45, 7) is 9.87. The zero-order valence-electron chi connectivity index (χ0n) is 13.2. The van der Waals surface area contributed by atoms with Crippen LogP contribution in [0.5, 0.6) is 0 Å². The van der Waals surface area contributed by atoms with Crippen molar-refractivity contribution in [2.24, 2.45) is 7.05 Å². The molecule has 20 heavy (non-hydrogen) atoms. The molecule has 0 atom stereocenters. The largest absolute Gasteiger partial charge is 0.352 e. The number of hydrogen-bond acceptors (Lipinski definition) is 3. The van der Waals surface area contributed by atoms with Gasteiger partial charge in [0.25, 0.3) is 0 Å². The fourth-order valence-electron chi connectivity index (χ4n) is 2.24. The number of nitrogens with zero attached hydrogens (tertiary/aromatic N) is 2. The molecule has 6 heteroatoms. The third-order valence-corrected chi connectivity index (χ3v) is 5.43. The van der Waals surface area contributed by atoms with Crippen molar-refractivity contribution >= 4 is 10.0 Å². The van der Waals surface area contributed by atoms with E-state index in [2.05, 4.69) is 12.2 Å². The van der Waals surface area contributed by atoms with Crippen LogP contribution in [-0.4, -0.2) is 36.4 Å². The van der Waals surface area contributed by atoms with Crippen molar-refractivity contribution in [2.45, 2.75) is 51.6 Å². The highest BCUT2D eigenvalue weighted by Gasteiger charge is 2.26. The number of hydrogen-bond donors (Lipinski definition) is 1. The lowest BCUT2D eigenvalue weighted by molar-refractivity contribution is 0.369. The van der Waals surface area contributed by atoms with E-state index >= 15 is 0 Å². The van der Waals surface area contributed by atoms with E-state index < -0.39 is 10.0 Å². The predicted octanol–water partition coefficient (Wildman–Crippen LogP) is 1.94. The Morgan fingerprint density at radius 1 is 1.35 bits per heavy atom. The normalized spacial score (nSPS) is 12.6. The first-order chi connectivity index (χ1) is 9.34. The van der Waals surface area contributed by atoms with Crippen molar-refractivity contribution in [3.8, 4) is 0 Å². The van der Waals surface area contributed by atoms with Crippen LogP contribution in [0.2, 0.25) is 0 Å². The van der Waals surface area contributed by atoms with Crippen LogP contribution in [0.4, 0.5) is 0 Å². The molecule has 0 aromatic carbocycles. The van der Waals surface area contributed by atoms with Gasteiger partial charge in [-0.25, -0.2) is 8.42 Å². The SMILES string of the molecule is CCCNCc1cc(S(=O)(=O)N(CC)C(C)C)cn1C. The first-order valence-electron chi connectivity index (χ1n) is 7.22. The monoisotopic (exact) mass is 301 g/mol. The lowest BCUT2D eigenvalue weighted by Gasteiger charge is -2.23. The maximum Gasteiger partial charge on any atom is 0.244 e. The first-order valence-corrected chi connectivity index (χ1v) is 8.66. The molecule has 116 valence electrons. The van der Waals surface area contributed by atoms with E-state index in [0.717, 1.165) is 18.7 Å². The molecule has 0 spiro atoms. The third kappa shape index (κ3) is 3.84. The van der Waals surface area contributed by atoms with Gasteiger partial charge in [0.05, 0.1) is 0 Å². The maximum absolute atomic E-state index is 12.6. The van der Waals surface area contributed by atoms with Gasteiger partial charge in [0.2, 0.25) is 10.0 Å². The van der Waals surface area contributed by atoms with Crippen molar-refractivity contribution in [3.05, 3.63) is 18.0 Å². The third-order valence-electron chi connectivity index (χ3n) is 3.31. The van der Waals surface area contributed by atoms with E-state index in [4.69, 9.17) is 0 Å². The quantitative estimate of drug-likeness (QED) is 0.747. The van der Waals surface area contributed by atoms with Gasteiger partial charge in [-0.05, 0) is 32.9 Å². The molecule has 0 aliphatic rings. The molecule has 0 radical (unpaired) electrons. The van der Waals surface area contributed by atoms with Gasteiger partial charge < -0.3 is 9.88 Å². The summed E-state index contributed by atoms with van der Waals surface area (Å²) in [4.78, 5) is 0.379. The molecule has 0 unspecified atom stereocenters. The van der Waals surface area contributed by atoms with E-state index in [-0.39, 0.29) is 6.04 Å². The Hall–Kier alpha value is -0.850. The topological polar surface area (TPSA) is 54.3 Å². The van der Waals surface area contributed by atoms with Crippen molar-refractivity contribution < 1.29 is 8.42 Å².